The van der Waals surface area contributed by atoms with Crippen LogP contribution < -0.4 is 9.46 Å². The summed E-state index contributed by atoms with van der Waals surface area (Å²) >= 11 is 0. The van der Waals surface area contributed by atoms with Gasteiger partial charge in [0.2, 0.25) is 0 Å². The number of esters is 1. The standard InChI is InChI=1S/C22H21NO3S/c1-17-12-14-20(15-13-17)27(25)23-21(18-8-4-2-5-9-18)16-22(24)26-19-10-6-3-7-11-19/h2-15,21,23H,16H2,1H3/t21-,27?/m0/s1. The highest BCUT2D eigenvalue weighted by atomic mass is 32.2. The Morgan fingerprint density at radius 2 is 1.52 bits per heavy atom. The predicted molar refractivity (Wildman–Crippen MR) is 107 cm³/mol. The molecule has 0 aromatic heterocycles. The average molecular weight is 379 g/mol. The van der Waals surface area contributed by atoms with Gasteiger partial charge in [-0.05, 0) is 36.8 Å². The zero-order valence-corrected chi connectivity index (χ0v) is 15.8. The molecule has 1 N–H and O–H groups in total. The Labute approximate surface area is 161 Å². The fraction of sp³-hybridized carbons (Fsp3) is 0.136. The molecule has 0 saturated heterocycles. The molecule has 3 rings (SSSR count). The monoisotopic (exact) mass is 379 g/mol. The van der Waals surface area contributed by atoms with Crippen LogP contribution in [0.25, 0.3) is 0 Å². The highest BCUT2D eigenvalue weighted by Crippen LogP contribution is 2.21. The summed E-state index contributed by atoms with van der Waals surface area (Å²) in [6.07, 6.45) is 0.0660. The molecule has 0 saturated carbocycles. The van der Waals surface area contributed by atoms with Gasteiger partial charge in [0.05, 0.1) is 17.4 Å². The van der Waals surface area contributed by atoms with E-state index in [1.165, 1.54) is 0 Å². The summed E-state index contributed by atoms with van der Waals surface area (Å²) in [6.45, 7) is 1.98. The first-order valence-electron chi connectivity index (χ1n) is 8.67. The van der Waals surface area contributed by atoms with Gasteiger partial charge in [-0.3, -0.25) is 4.79 Å². The first kappa shape index (κ1) is 19.0. The van der Waals surface area contributed by atoms with Crippen LogP contribution in [0.15, 0.2) is 89.8 Å². The lowest BCUT2D eigenvalue weighted by atomic mass is 10.1. The van der Waals surface area contributed by atoms with Crippen molar-refractivity contribution in [2.45, 2.75) is 24.3 Å². The molecular formula is C22H21NO3S. The van der Waals surface area contributed by atoms with Gasteiger partial charge in [0.15, 0.2) is 0 Å². The summed E-state index contributed by atoms with van der Waals surface area (Å²) < 4.78 is 21.2. The minimum atomic E-state index is -1.44. The summed E-state index contributed by atoms with van der Waals surface area (Å²) in [5.41, 5.74) is 1.98. The maximum absolute atomic E-state index is 12.7. The van der Waals surface area contributed by atoms with Crippen LogP contribution in [0.4, 0.5) is 0 Å². The number of nitrogens with one attached hydrogen (secondary N) is 1. The van der Waals surface area contributed by atoms with E-state index in [1.807, 2.05) is 79.7 Å². The molecule has 3 aromatic rings. The van der Waals surface area contributed by atoms with Gasteiger partial charge in [-0.15, -0.1) is 0 Å². The highest BCUT2D eigenvalue weighted by Gasteiger charge is 2.20. The van der Waals surface area contributed by atoms with Gasteiger partial charge in [-0.2, -0.15) is 0 Å². The van der Waals surface area contributed by atoms with Crippen molar-refractivity contribution in [2.75, 3.05) is 0 Å². The maximum atomic E-state index is 12.7. The van der Waals surface area contributed by atoms with Gasteiger partial charge in [0.25, 0.3) is 0 Å². The molecule has 0 aliphatic heterocycles. The molecule has 0 bridgehead atoms. The Balaban J connectivity index is 1.74. The van der Waals surface area contributed by atoms with E-state index in [-0.39, 0.29) is 12.4 Å². The molecule has 5 heteroatoms. The molecule has 27 heavy (non-hydrogen) atoms. The zero-order chi connectivity index (χ0) is 19.1. The molecule has 0 aliphatic rings. The summed E-state index contributed by atoms with van der Waals surface area (Å²) in [5.74, 6) is 0.109. The number of hydrogen-bond donors (Lipinski definition) is 1. The molecule has 1 unspecified atom stereocenters. The molecule has 4 nitrogen and oxygen atoms in total. The van der Waals surface area contributed by atoms with Gasteiger partial charge in [-0.25, -0.2) is 8.93 Å². The van der Waals surface area contributed by atoms with Crippen molar-refractivity contribution >= 4 is 17.0 Å². The number of ether oxygens (including phenoxy) is 1. The summed E-state index contributed by atoms with van der Waals surface area (Å²) in [7, 11) is -1.44. The summed E-state index contributed by atoms with van der Waals surface area (Å²) in [5, 5.41) is 0. The van der Waals surface area contributed by atoms with E-state index in [1.54, 1.807) is 12.1 Å². The smallest absolute Gasteiger partial charge is 0.313 e. The van der Waals surface area contributed by atoms with Crippen LogP contribution in [0.1, 0.15) is 23.6 Å². The lowest BCUT2D eigenvalue weighted by Crippen LogP contribution is -2.27. The van der Waals surface area contributed by atoms with Crippen molar-refractivity contribution in [3.63, 3.8) is 0 Å². The minimum Gasteiger partial charge on any atom is -0.426 e. The van der Waals surface area contributed by atoms with Gasteiger partial charge < -0.3 is 4.74 Å². The van der Waals surface area contributed by atoms with Crippen LogP contribution in [0.3, 0.4) is 0 Å². The van der Waals surface area contributed by atoms with Crippen LogP contribution >= 0.6 is 0 Å². The van der Waals surface area contributed by atoms with Crippen LogP contribution in [0.2, 0.25) is 0 Å². The third-order valence-electron chi connectivity index (χ3n) is 4.03. The largest absolute Gasteiger partial charge is 0.426 e. The molecule has 0 spiro atoms. The van der Waals surface area contributed by atoms with Crippen molar-refractivity contribution in [1.82, 2.24) is 4.72 Å². The normalized spacial score (nSPS) is 12.9. The Hall–Kier alpha value is -2.76. The second-order valence-corrected chi connectivity index (χ2v) is 7.40. The molecule has 0 heterocycles. The lowest BCUT2D eigenvalue weighted by molar-refractivity contribution is -0.134. The second-order valence-electron chi connectivity index (χ2n) is 6.15. The summed E-state index contributed by atoms with van der Waals surface area (Å²) in [6, 6.07) is 25.5. The summed E-state index contributed by atoms with van der Waals surface area (Å²) in [4.78, 5) is 13.1. The third-order valence-corrected chi connectivity index (χ3v) is 5.23. The van der Waals surface area contributed by atoms with Crippen molar-refractivity contribution in [2.24, 2.45) is 0 Å². The Morgan fingerprint density at radius 1 is 0.926 bits per heavy atom. The number of rotatable bonds is 7. The topological polar surface area (TPSA) is 55.4 Å². The third kappa shape index (κ3) is 5.61. The van der Waals surface area contributed by atoms with E-state index in [0.717, 1.165) is 11.1 Å². The minimum absolute atomic E-state index is 0.0660. The fourth-order valence-electron chi connectivity index (χ4n) is 2.60. The number of benzene rings is 3. The van der Waals surface area contributed by atoms with Crippen molar-refractivity contribution in [3.05, 3.63) is 96.1 Å². The second kappa shape index (κ2) is 9.26. The van der Waals surface area contributed by atoms with E-state index in [2.05, 4.69) is 4.72 Å². The number of carbonyl (C=O) groups is 1. The Kier molecular flexibility index (Phi) is 6.52. The van der Waals surface area contributed by atoms with Gasteiger partial charge >= 0.3 is 5.97 Å². The molecule has 0 radical (unpaired) electrons. The highest BCUT2D eigenvalue weighted by molar-refractivity contribution is 7.83. The maximum Gasteiger partial charge on any atom is 0.313 e. The lowest BCUT2D eigenvalue weighted by Gasteiger charge is -2.18. The van der Waals surface area contributed by atoms with E-state index < -0.39 is 17.0 Å². The van der Waals surface area contributed by atoms with Crippen LogP contribution in [-0.4, -0.2) is 10.2 Å². The zero-order valence-electron chi connectivity index (χ0n) is 15.0. The molecule has 0 aliphatic carbocycles. The molecular weight excluding hydrogens is 358 g/mol. The Morgan fingerprint density at radius 3 is 2.15 bits per heavy atom. The fourth-order valence-corrected chi connectivity index (χ4v) is 3.60. The van der Waals surface area contributed by atoms with Gasteiger partial charge in [-0.1, -0.05) is 66.2 Å². The number of aryl methyl sites for hydroxylation is 1. The quantitative estimate of drug-likeness (QED) is 0.491. The molecule has 0 amide bonds. The van der Waals surface area contributed by atoms with Crippen LogP contribution in [0, 0.1) is 6.92 Å². The average Bonchev–Trinajstić information content (AvgIpc) is 2.69. The van der Waals surface area contributed by atoms with Crippen LogP contribution in [0.5, 0.6) is 5.75 Å². The van der Waals surface area contributed by atoms with E-state index >= 15 is 0 Å². The molecule has 138 valence electrons. The van der Waals surface area contributed by atoms with E-state index in [4.69, 9.17) is 4.74 Å². The van der Waals surface area contributed by atoms with Gasteiger partial charge in [0, 0.05) is 0 Å². The molecule has 3 aromatic carbocycles. The number of hydrogen-bond acceptors (Lipinski definition) is 3. The number of para-hydroxylation sites is 1. The first-order chi connectivity index (χ1) is 13.1. The molecule has 0 fully saturated rings. The van der Waals surface area contributed by atoms with Crippen molar-refractivity contribution < 1.29 is 13.7 Å². The van der Waals surface area contributed by atoms with Crippen LogP contribution in [-0.2, 0) is 15.8 Å². The van der Waals surface area contributed by atoms with Crippen molar-refractivity contribution in [3.8, 4) is 5.75 Å². The predicted octanol–water partition coefficient (Wildman–Crippen LogP) is 4.34. The first-order valence-corrected chi connectivity index (χ1v) is 9.82. The number of carbonyl (C=O) groups excluding carboxylic acids is 1. The Bertz CT molecular complexity index is 896. The van der Waals surface area contributed by atoms with E-state index in [9.17, 15) is 9.00 Å². The van der Waals surface area contributed by atoms with Gasteiger partial charge in [0.1, 0.15) is 16.7 Å². The van der Waals surface area contributed by atoms with E-state index in [0.29, 0.717) is 10.6 Å². The van der Waals surface area contributed by atoms with Crippen molar-refractivity contribution in [1.29, 1.82) is 0 Å². The molecule has 2 atom stereocenters. The SMILES string of the molecule is Cc1ccc(S(=O)N[C@@H](CC(=O)Oc2ccccc2)c2ccccc2)cc1.